The molecule has 0 saturated carbocycles. The van der Waals surface area contributed by atoms with Gasteiger partial charge in [0.25, 0.3) is 10.0 Å². The van der Waals surface area contributed by atoms with Gasteiger partial charge in [-0.3, -0.25) is 13.9 Å². The van der Waals surface area contributed by atoms with Crippen LogP contribution < -0.4 is 0 Å². The zero-order chi connectivity index (χ0) is 31.7. The number of nitrogens with zero attached hydrogens (tertiary/aromatic N) is 4. The summed E-state index contributed by atoms with van der Waals surface area (Å²) in [7, 11) is -6.84. The molecule has 3 N–H and O–H groups in total. The molecule has 11 nitrogen and oxygen atoms in total. The smallest absolute Gasteiger partial charge is 0.269 e. The summed E-state index contributed by atoms with van der Waals surface area (Å²) >= 11 is 7.98. The van der Waals surface area contributed by atoms with Crippen LogP contribution in [0, 0.1) is 12.8 Å². The molecule has 0 spiro atoms. The average molecular weight is 691 g/mol. The molecule has 6 heterocycles. The number of halogens is 1. The van der Waals surface area contributed by atoms with Gasteiger partial charge >= 0.3 is 0 Å². The number of fused-ring (bicyclic) bond motifs is 1. The molecule has 15 heteroatoms. The van der Waals surface area contributed by atoms with Crippen LogP contribution in [0.25, 0.3) is 27.0 Å². The molecule has 45 heavy (non-hydrogen) atoms. The number of thiazole rings is 1. The average Bonchev–Trinajstić information content (AvgIpc) is 3.73. The number of amides is 1. The Kier molecular flexibility index (Phi) is 7.64. The van der Waals surface area contributed by atoms with Crippen LogP contribution in [0.5, 0.6) is 0 Å². The molecule has 3 aliphatic rings. The quantitative estimate of drug-likeness (QED) is 0.255. The van der Waals surface area contributed by atoms with E-state index in [1.807, 2.05) is 13.0 Å². The molecule has 1 amide bonds. The van der Waals surface area contributed by atoms with Gasteiger partial charge in [0.05, 0.1) is 39.6 Å². The third kappa shape index (κ3) is 5.40. The highest BCUT2D eigenvalue weighted by Gasteiger charge is 2.41. The van der Waals surface area contributed by atoms with Crippen molar-refractivity contribution in [2.24, 2.45) is 5.92 Å². The second-order valence-electron chi connectivity index (χ2n) is 11.8. The lowest BCUT2D eigenvalue weighted by Gasteiger charge is -2.34. The van der Waals surface area contributed by atoms with E-state index in [-0.39, 0.29) is 47.7 Å². The van der Waals surface area contributed by atoms with Crippen LogP contribution in [0.4, 0.5) is 0 Å². The molecule has 1 unspecified atom stereocenters. The van der Waals surface area contributed by atoms with Crippen LogP contribution in [0.15, 0.2) is 53.7 Å². The molecule has 0 radical (unpaired) electrons. The predicted octanol–water partition coefficient (Wildman–Crippen LogP) is 4.96. The first-order valence-corrected chi connectivity index (χ1v) is 18.9. The molecular weight excluding hydrogens is 660 g/mol. The Morgan fingerprint density at radius 2 is 1.93 bits per heavy atom. The summed E-state index contributed by atoms with van der Waals surface area (Å²) in [6.07, 6.45) is 5.71. The number of carbonyl (C=O) groups is 1. The SMILES string of the molecule is Cc1ccc(S(=O)(=O)n2c(C3=CCN(C(=O)C4CCS(O)(O)C4)CC3)cc3c(-c4cnc(C5(O)COC5)s4)c(Cl)cnc32)cc1. The van der Waals surface area contributed by atoms with Crippen molar-refractivity contribution in [3.05, 3.63) is 70.1 Å². The third-order valence-corrected chi connectivity index (χ3v) is 13.6. The fraction of sp³-hybridized carbons (Fsp3) is 0.367. The van der Waals surface area contributed by atoms with Crippen LogP contribution in [0.3, 0.4) is 0 Å². The van der Waals surface area contributed by atoms with Crippen LogP contribution in [-0.4, -0.2) is 85.2 Å². The van der Waals surface area contributed by atoms with Gasteiger partial charge in [0.15, 0.2) is 11.2 Å². The third-order valence-electron chi connectivity index (χ3n) is 8.59. The van der Waals surface area contributed by atoms with Crippen molar-refractivity contribution in [3.8, 4) is 10.4 Å². The Morgan fingerprint density at radius 3 is 2.56 bits per heavy atom. The molecule has 3 aromatic heterocycles. The second-order valence-corrected chi connectivity index (χ2v) is 17.4. The Bertz CT molecular complexity index is 1970. The first-order chi connectivity index (χ1) is 21.4. The van der Waals surface area contributed by atoms with E-state index in [1.54, 1.807) is 41.4 Å². The van der Waals surface area contributed by atoms with Crippen LogP contribution in [0.2, 0.25) is 5.02 Å². The molecule has 0 aliphatic carbocycles. The van der Waals surface area contributed by atoms with E-state index in [0.717, 1.165) is 11.1 Å². The monoisotopic (exact) mass is 690 g/mol. The fourth-order valence-corrected chi connectivity index (χ4v) is 10.7. The summed E-state index contributed by atoms with van der Waals surface area (Å²) < 4.78 is 55.1. The lowest BCUT2D eigenvalue weighted by atomic mass is 10.0. The van der Waals surface area contributed by atoms with Gasteiger partial charge in [0.1, 0.15) is 5.01 Å². The molecule has 2 saturated heterocycles. The standard InChI is InChI=1S/C30H31ClN4O7S3/c1-18-2-4-21(5-3-18)45(40,41)35-24(19-6-9-34(10-7-19)28(36)20-8-11-44(38,39)15-20)12-22-26(23(31)13-32-27(22)35)25-14-33-29(43-25)30(37)16-42-17-30/h2-6,12-14,20,37-39H,7-11,15-17H2,1H3. The molecular formula is C30H31ClN4O7S3. The number of aryl methyl sites for hydroxylation is 1. The Morgan fingerprint density at radius 1 is 1.18 bits per heavy atom. The number of aliphatic hydroxyl groups is 1. The number of rotatable bonds is 6. The van der Waals surface area contributed by atoms with Crippen molar-refractivity contribution >= 4 is 66.1 Å². The van der Waals surface area contributed by atoms with Gasteiger partial charge in [-0.1, -0.05) is 35.4 Å². The van der Waals surface area contributed by atoms with Crippen molar-refractivity contribution in [1.82, 2.24) is 18.8 Å². The van der Waals surface area contributed by atoms with Crippen molar-refractivity contribution in [1.29, 1.82) is 0 Å². The van der Waals surface area contributed by atoms with Gasteiger partial charge in [0, 0.05) is 47.9 Å². The largest absolute Gasteiger partial charge is 0.378 e. The first-order valence-electron chi connectivity index (χ1n) is 14.4. The van der Waals surface area contributed by atoms with Crippen molar-refractivity contribution in [2.75, 3.05) is 37.8 Å². The topological polar surface area (TPSA) is 155 Å². The minimum Gasteiger partial charge on any atom is -0.378 e. The van der Waals surface area contributed by atoms with Crippen molar-refractivity contribution in [3.63, 3.8) is 0 Å². The number of ether oxygens (including phenoxy) is 1. The van der Waals surface area contributed by atoms with Crippen molar-refractivity contribution in [2.45, 2.75) is 30.3 Å². The van der Waals surface area contributed by atoms with Crippen molar-refractivity contribution < 1.29 is 32.2 Å². The Labute approximate surface area is 270 Å². The number of hydrogen-bond acceptors (Lipinski definition) is 10. The Hall–Kier alpha value is -2.82. The summed E-state index contributed by atoms with van der Waals surface area (Å²) in [5.74, 6) is -0.227. The molecule has 4 aromatic rings. The highest BCUT2D eigenvalue weighted by atomic mass is 35.5. The molecule has 7 rings (SSSR count). The maximum atomic E-state index is 14.3. The van der Waals surface area contributed by atoms with Gasteiger partial charge in [0.2, 0.25) is 5.91 Å². The number of benzene rings is 1. The van der Waals surface area contributed by atoms with Gasteiger partial charge in [-0.2, -0.15) is 10.6 Å². The molecule has 238 valence electrons. The highest BCUT2D eigenvalue weighted by Crippen LogP contribution is 2.49. The number of pyridine rings is 1. The van der Waals surface area contributed by atoms with Crippen LogP contribution >= 0.6 is 33.5 Å². The summed E-state index contributed by atoms with van der Waals surface area (Å²) in [5.41, 5.74) is 1.65. The van der Waals surface area contributed by atoms with E-state index in [0.29, 0.717) is 50.9 Å². The molecule has 0 bridgehead atoms. The zero-order valence-electron chi connectivity index (χ0n) is 24.2. The van der Waals surface area contributed by atoms with E-state index in [1.165, 1.54) is 21.5 Å². The van der Waals surface area contributed by atoms with E-state index in [9.17, 15) is 27.4 Å². The van der Waals surface area contributed by atoms with Gasteiger partial charge in [-0.25, -0.2) is 22.4 Å². The molecule has 2 fully saturated rings. The number of carbonyl (C=O) groups excluding carboxylic acids is 1. The molecule has 1 aromatic carbocycles. The predicted molar refractivity (Wildman–Crippen MR) is 174 cm³/mol. The van der Waals surface area contributed by atoms with Gasteiger partial charge in [-0.15, -0.1) is 11.3 Å². The summed E-state index contributed by atoms with van der Waals surface area (Å²) in [4.78, 5) is 24.6. The maximum Gasteiger partial charge on any atom is 0.269 e. The first kappa shape index (κ1) is 30.8. The summed E-state index contributed by atoms with van der Waals surface area (Å²) in [5, 5.41) is 12.1. The number of hydrogen-bond donors (Lipinski definition) is 3. The minimum atomic E-state index is -4.13. The highest BCUT2D eigenvalue weighted by molar-refractivity contribution is 8.24. The van der Waals surface area contributed by atoms with E-state index >= 15 is 0 Å². The maximum absolute atomic E-state index is 14.3. The Balaban J connectivity index is 1.33. The van der Waals surface area contributed by atoms with Gasteiger partial charge < -0.3 is 14.7 Å². The summed E-state index contributed by atoms with van der Waals surface area (Å²) in [6.45, 7) is 2.78. The second kappa shape index (κ2) is 11.2. The van der Waals surface area contributed by atoms with E-state index in [2.05, 4.69) is 9.97 Å². The fourth-order valence-electron chi connectivity index (χ4n) is 6.03. The molecule has 1 atom stereocenters. The molecule has 3 aliphatic heterocycles. The van der Waals surface area contributed by atoms with E-state index < -0.39 is 32.1 Å². The van der Waals surface area contributed by atoms with Gasteiger partial charge in [-0.05, 0) is 43.5 Å². The van der Waals surface area contributed by atoms with E-state index in [4.69, 9.17) is 16.3 Å². The minimum absolute atomic E-state index is 0.0842. The van der Waals surface area contributed by atoms with Crippen LogP contribution in [0.1, 0.15) is 29.1 Å². The lowest BCUT2D eigenvalue weighted by molar-refractivity contribution is -0.184. The normalized spacial score (nSPS) is 21.8. The zero-order valence-corrected chi connectivity index (χ0v) is 27.4. The van der Waals surface area contributed by atoms with Crippen LogP contribution in [-0.2, 0) is 25.2 Å². The number of aromatic nitrogens is 3. The summed E-state index contributed by atoms with van der Waals surface area (Å²) in [6, 6.07) is 8.38. The lowest BCUT2D eigenvalue weighted by Crippen LogP contribution is -2.46.